The van der Waals surface area contributed by atoms with E-state index >= 15 is 0 Å². The second-order valence-corrected chi connectivity index (χ2v) is 12.3. The predicted octanol–water partition coefficient (Wildman–Crippen LogP) is 3.61. The van der Waals surface area contributed by atoms with E-state index < -0.39 is 0 Å². The average molecular weight is 617 g/mol. The van der Waals surface area contributed by atoms with Gasteiger partial charge in [0.25, 0.3) is 11.8 Å². The number of hydrogen-bond acceptors (Lipinski definition) is 6. The number of H-pyrrole nitrogens is 1. The summed E-state index contributed by atoms with van der Waals surface area (Å²) in [5, 5.41) is 4.44. The Morgan fingerprint density at radius 1 is 0.913 bits per heavy atom. The van der Waals surface area contributed by atoms with Crippen LogP contribution in [0.1, 0.15) is 33.6 Å². The van der Waals surface area contributed by atoms with Crippen molar-refractivity contribution in [1.29, 1.82) is 0 Å². The van der Waals surface area contributed by atoms with Gasteiger partial charge in [-0.3, -0.25) is 18.8 Å². The number of aromatic nitrogens is 4. The second-order valence-electron chi connectivity index (χ2n) is 12.3. The molecule has 6 heterocycles. The molecule has 0 atom stereocenters. The fraction of sp³-hybridized carbons (Fsp3) is 0.314. The summed E-state index contributed by atoms with van der Waals surface area (Å²) < 4.78 is 3.86. The normalized spacial score (nSPS) is 15.9. The van der Waals surface area contributed by atoms with Crippen LogP contribution in [0.5, 0.6) is 0 Å². The molecule has 2 aliphatic heterocycles. The molecule has 2 aromatic carbocycles. The van der Waals surface area contributed by atoms with Crippen molar-refractivity contribution in [2.75, 3.05) is 57.3 Å². The summed E-state index contributed by atoms with van der Waals surface area (Å²) in [7, 11) is 1.89. The molecular formula is C35H36N8O3. The van der Waals surface area contributed by atoms with Gasteiger partial charge < -0.3 is 29.6 Å². The number of piperazine rings is 1. The molecule has 2 amide bonds. The molecule has 4 aromatic heterocycles. The van der Waals surface area contributed by atoms with Gasteiger partial charge in [-0.05, 0) is 74.5 Å². The van der Waals surface area contributed by atoms with Gasteiger partial charge in [0.15, 0.2) is 5.65 Å². The minimum Gasteiger partial charge on any atom is -0.361 e. The quantitative estimate of drug-likeness (QED) is 0.296. The monoisotopic (exact) mass is 616 g/mol. The van der Waals surface area contributed by atoms with Gasteiger partial charge in [-0.25, -0.2) is 4.98 Å². The van der Waals surface area contributed by atoms with Crippen molar-refractivity contribution >= 4 is 56.2 Å². The number of hydrogen-bond donors (Lipinski definition) is 2. The van der Waals surface area contributed by atoms with E-state index in [9.17, 15) is 14.4 Å². The van der Waals surface area contributed by atoms with Crippen LogP contribution in [-0.4, -0.2) is 92.9 Å². The van der Waals surface area contributed by atoms with Gasteiger partial charge in [-0.15, -0.1) is 0 Å². The molecule has 0 aliphatic carbocycles. The number of fused-ring (bicyclic) bond motifs is 6. The predicted molar refractivity (Wildman–Crippen MR) is 180 cm³/mol. The molecule has 2 aliphatic rings. The number of aromatic amines is 1. The number of amides is 2. The Morgan fingerprint density at radius 3 is 2.50 bits per heavy atom. The summed E-state index contributed by atoms with van der Waals surface area (Å²) in [5.41, 5.74) is 4.30. The maximum atomic E-state index is 14.0. The zero-order valence-corrected chi connectivity index (χ0v) is 25.8. The third-order valence-electron chi connectivity index (χ3n) is 9.61. The van der Waals surface area contributed by atoms with Crippen LogP contribution in [0.3, 0.4) is 0 Å². The molecule has 2 fully saturated rings. The van der Waals surface area contributed by atoms with E-state index in [2.05, 4.69) is 20.1 Å². The van der Waals surface area contributed by atoms with Gasteiger partial charge in [0.1, 0.15) is 17.0 Å². The highest BCUT2D eigenvalue weighted by Crippen LogP contribution is 2.27. The fourth-order valence-corrected chi connectivity index (χ4v) is 7.14. The molecule has 11 heteroatoms. The van der Waals surface area contributed by atoms with Gasteiger partial charge in [0.2, 0.25) is 5.43 Å². The number of anilines is 1. The molecule has 0 bridgehead atoms. The van der Waals surface area contributed by atoms with Crippen LogP contribution in [0.25, 0.3) is 38.6 Å². The molecule has 2 saturated heterocycles. The van der Waals surface area contributed by atoms with Gasteiger partial charge in [-0.2, -0.15) is 0 Å². The maximum absolute atomic E-state index is 14.0. The van der Waals surface area contributed by atoms with E-state index in [1.807, 2.05) is 81.7 Å². The summed E-state index contributed by atoms with van der Waals surface area (Å²) in [6.45, 7) is 5.69. The molecule has 6 aromatic rings. The number of imidazole rings is 1. The molecule has 0 radical (unpaired) electrons. The van der Waals surface area contributed by atoms with Crippen molar-refractivity contribution in [1.82, 2.24) is 34.1 Å². The Kier molecular flexibility index (Phi) is 6.97. The van der Waals surface area contributed by atoms with E-state index in [1.165, 1.54) is 12.8 Å². The van der Waals surface area contributed by atoms with Crippen LogP contribution in [0, 0.1) is 0 Å². The van der Waals surface area contributed by atoms with Crippen LogP contribution in [-0.2, 0) is 7.05 Å². The number of carbonyl (C=O) groups is 2. The van der Waals surface area contributed by atoms with Crippen molar-refractivity contribution < 1.29 is 9.59 Å². The van der Waals surface area contributed by atoms with Crippen molar-refractivity contribution in [3.8, 4) is 0 Å². The average Bonchev–Trinajstić information content (AvgIpc) is 3.85. The highest BCUT2D eigenvalue weighted by Gasteiger charge is 2.27. The Bertz CT molecular complexity index is 2200. The molecule has 11 nitrogen and oxygen atoms in total. The van der Waals surface area contributed by atoms with E-state index in [4.69, 9.17) is 4.98 Å². The number of benzene rings is 2. The van der Waals surface area contributed by atoms with E-state index in [1.54, 1.807) is 6.07 Å². The molecular weight excluding hydrogens is 580 g/mol. The number of para-hydroxylation sites is 2. The minimum absolute atomic E-state index is 0.0180. The summed E-state index contributed by atoms with van der Waals surface area (Å²) >= 11 is 0. The minimum atomic E-state index is -0.366. The Hall–Kier alpha value is -5.16. The van der Waals surface area contributed by atoms with Gasteiger partial charge in [0, 0.05) is 69.0 Å². The van der Waals surface area contributed by atoms with Gasteiger partial charge >= 0.3 is 0 Å². The lowest BCUT2D eigenvalue weighted by Crippen LogP contribution is -2.49. The first kappa shape index (κ1) is 28.3. The first-order chi connectivity index (χ1) is 22.5. The number of pyridine rings is 2. The SMILES string of the molecule is Cn1c2ccccc2n2c3nc(N4CCN(C(=O)c5ccc6[nH]ccc6c5)CC4)ccc3c(=O)c(C(=O)NCCN3CCCC3)c12. The molecule has 0 unspecified atom stereocenters. The number of likely N-dealkylation sites (tertiary alicyclic amines) is 1. The maximum Gasteiger partial charge on any atom is 0.259 e. The van der Waals surface area contributed by atoms with Crippen molar-refractivity contribution in [2.24, 2.45) is 7.05 Å². The lowest BCUT2D eigenvalue weighted by Gasteiger charge is -2.35. The van der Waals surface area contributed by atoms with Crippen LogP contribution in [0.4, 0.5) is 5.82 Å². The van der Waals surface area contributed by atoms with Crippen LogP contribution in [0.2, 0.25) is 0 Å². The molecule has 2 N–H and O–H groups in total. The molecule has 234 valence electrons. The van der Waals surface area contributed by atoms with Gasteiger partial charge in [0.05, 0.1) is 16.4 Å². The van der Waals surface area contributed by atoms with Crippen molar-refractivity contribution in [3.63, 3.8) is 0 Å². The van der Waals surface area contributed by atoms with Crippen LogP contribution < -0.4 is 15.6 Å². The lowest BCUT2D eigenvalue weighted by atomic mass is 10.1. The topological polar surface area (TPSA) is 111 Å². The zero-order valence-electron chi connectivity index (χ0n) is 25.8. The Morgan fingerprint density at radius 2 is 1.70 bits per heavy atom. The third kappa shape index (κ3) is 4.69. The van der Waals surface area contributed by atoms with Crippen molar-refractivity contribution in [3.05, 3.63) is 88.2 Å². The lowest BCUT2D eigenvalue weighted by molar-refractivity contribution is 0.0746. The summed E-state index contributed by atoms with van der Waals surface area (Å²) in [4.78, 5) is 55.6. The van der Waals surface area contributed by atoms with Gasteiger partial charge in [-0.1, -0.05) is 12.1 Å². The van der Waals surface area contributed by atoms with Crippen LogP contribution in [0.15, 0.2) is 71.7 Å². The number of rotatable bonds is 6. The van der Waals surface area contributed by atoms with E-state index in [-0.39, 0.29) is 22.8 Å². The Balaban J connectivity index is 1.11. The zero-order chi connectivity index (χ0) is 31.4. The number of nitrogens with zero attached hydrogens (tertiary/aromatic N) is 6. The van der Waals surface area contributed by atoms with Crippen LogP contribution >= 0.6 is 0 Å². The molecule has 8 rings (SSSR count). The third-order valence-corrected chi connectivity index (χ3v) is 9.61. The molecule has 0 spiro atoms. The Labute approximate surface area is 265 Å². The van der Waals surface area contributed by atoms with Crippen molar-refractivity contribution in [2.45, 2.75) is 12.8 Å². The number of aryl methyl sites for hydroxylation is 1. The summed E-state index contributed by atoms with van der Waals surface area (Å²) in [6, 6.07) is 19.2. The van der Waals surface area contributed by atoms with E-state index in [0.717, 1.165) is 47.4 Å². The fourth-order valence-electron chi connectivity index (χ4n) is 7.14. The molecule has 46 heavy (non-hydrogen) atoms. The highest BCUT2D eigenvalue weighted by atomic mass is 16.2. The summed E-state index contributed by atoms with van der Waals surface area (Å²) in [5.74, 6) is 0.386. The highest BCUT2D eigenvalue weighted by molar-refractivity contribution is 6.06. The standard InChI is InChI=1S/C35H36N8O3/c1-39-27-6-2-3-7-28(27)43-32-25(31(44)30(34(39)43)33(45)37-14-17-40-15-4-5-16-40)9-11-29(38-32)41-18-20-42(21-19-41)35(46)24-8-10-26-23(22-24)12-13-36-26/h2-3,6-13,22,36H,4-5,14-21H2,1H3,(H,37,45). The number of carbonyl (C=O) groups excluding carboxylic acids is 2. The number of nitrogens with one attached hydrogen (secondary N) is 2. The smallest absolute Gasteiger partial charge is 0.259 e. The largest absolute Gasteiger partial charge is 0.361 e. The first-order valence-corrected chi connectivity index (χ1v) is 16.0. The second kappa shape index (κ2) is 11.3. The van der Waals surface area contributed by atoms with E-state index in [0.29, 0.717) is 55.0 Å². The first-order valence-electron chi connectivity index (χ1n) is 16.0. The summed E-state index contributed by atoms with van der Waals surface area (Å²) in [6.07, 6.45) is 4.25. The molecule has 0 saturated carbocycles.